The number of methoxy groups -OCH3 is 1. The summed E-state index contributed by atoms with van der Waals surface area (Å²) in [5.74, 6) is 1.18. The second-order valence-corrected chi connectivity index (χ2v) is 5.77. The van der Waals surface area contributed by atoms with Crippen LogP contribution in [-0.4, -0.2) is 56.0 Å². The van der Waals surface area contributed by atoms with Gasteiger partial charge in [-0.2, -0.15) is 0 Å². The van der Waals surface area contributed by atoms with Crippen LogP contribution in [0.1, 0.15) is 23.2 Å². The molecule has 1 unspecified atom stereocenters. The molecule has 0 aliphatic carbocycles. The van der Waals surface area contributed by atoms with Crippen LogP contribution in [0.5, 0.6) is 11.5 Å². The Balaban J connectivity index is 1.69. The first-order valence-corrected chi connectivity index (χ1v) is 7.58. The lowest BCUT2D eigenvalue weighted by atomic mass is 10.1. The lowest BCUT2D eigenvalue weighted by Crippen LogP contribution is -2.35. The minimum absolute atomic E-state index is 0.0189. The van der Waals surface area contributed by atoms with E-state index < -0.39 is 0 Å². The van der Waals surface area contributed by atoms with E-state index in [4.69, 9.17) is 14.2 Å². The fourth-order valence-corrected chi connectivity index (χ4v) is 2.97. The maximum Gasteiger partial charge on any atom is 0.256 e. The van der Waals surface area contributed by atoms with Gasteiger partial charge in [0.25, 0.3) is 5.91 Å². The molecule has 4 rings (SSSR count). The molecule has 0 radical (unpaired) electrons. The number of rotatable bonds is 4. The molecule has 0 spiro atoms. The average molecular weight is 302 g/mol. The Morgan fingerprint density at radius 2 is 2.27 bits per heavy atom. The zero-order chi connectivity index (χ0) is 15.1. The molecule has 2 atom stereocenters. The van der Waals surface area contributed by atoms with Crippen LogP contribution in [0, 0.1) is 0 Å². The van der Waals surface area contributed by atoms with Crippen LogP contribution in [0.25, 0.3) is 0 Å². The highest BCUT2D eigenvalue weighted by Gasteiger charge is 2.32. The Morgan fingerprint density at radius 3 is 3.05 bits per heavy atom. The van der Waals surface area contributed by atoms with E-state index in [0.29, 0.717) is 29.4 Å². The van der Waals surface area contributed by atoms with Crippen molar-refractivity contribution < 1.29 is 19.0 Å². The van der Waals surface area contributed by atoms with Crippen LogP contribution in [0.4, 0.5) is 5.69 Å². The Labute approximate surface area is 128 Å². The molecule has 22 heavy (non-hydrogen) atoms. The minimum Gasteiger partial charge on any atom is -0.493 e. The van der Waals surface area contributed by atoms with E-state index in [-0.39, 0.29) is 18.1 Å². The van der Waals surface area contributed by atoms with Crippen molar-refractivity contribution in [3.63, 3.8) is 0 Å². The van der Waals surface area contributed by atoms with Gasteiger partial charge in [-0.1, -0.05) is 0 Å². The van der Waals surface area contributed by atoms with E-state index in [0.717, 1.165) is 26.0 Å². The number of carbonyl (C=O) groups is 1. The summed E-state index contributed by atoms with van der Waals surface area (Å²) in [6, 6.07) is 3.63. The summed E-state index contributed by atoms with van der Waals surface area (Å²) in [5, 5.41) is 0. The number of ether oxygens (including phenoxy) is 3. The fourth-order valence-electron chi connectivity index (χ4n) is 2.97. The van der Waals surface area contributed by atoms with Gasteiger partial charge in [0.1, 0.15) is 12.7 Å². The lowest BCUT2D eigenvalue weighted by Gasteiger charge is -2.20. The number of hydrogen-bond donors (Lipinski definition) is 0. The molecule has 0 bridgehead atoms. The highest BCUT2D eigenvalue weighted by molar-refractivity contribution is 6.03. The molecule has 6 heteroatoms. The second kappa shape index (κ2) is 5.28. The van der Waals surface area contributed by atoms with Gasteiger partial charge in [-0.25, -0.2) is 0 Å². The molecule has 3 aliphatic heterocycles. The van der Waals surface area contributed by atoms with Crippen molar-refractivity contribution in [3.8, 4) is 11.5 Å². The smallest absolute Gasteiger partial charge is 0.256 e. The highest BCUT2D eigenvalue weighted by Crippen LogP contribution is 2.38. The molecule has 1 amide bonds. The Hall–Kier alpha value is -2.08. The van der Waals surface area contributed by atoms with E-state index in [1.54, 1.807) is 19.2 Å². The first kappa shape index (κ1) is 13.6. The fraction of sp³-hybridized carbons (Fsp3) is 0.500. The van der Waals surface area contributed by atoms with Gasteiger partial charge in [-0.05, 0) is 18.9 Å². The minimum atomic E-state index is 0.0189. The molecule has 0 N–H and O–H groups in total. The van der Waals surface area contributed by atoms with Gasteiger partial charge in [0.05, 0.1) is 31.0 Å². The van der Waals surface area contributed by atoms with Crippen molar-refractivity contribution in [3.05, 3.63) is 17.7 Å². The molecule has 3 heterocycles. The summed E-state index contributed by atoms with van der Waals surface area (Å²) in [7, 11) is 1.57. The zero-order valence-electron chi connectivity index (χ0n) is 12.4. The number of amides is 1. The molecule has 0 saturated carbocycles. The predicted molar refractivity (Wildman–Crippen MR) is 80.4 cm³/mol. The topological polar surface area (TPSA) is 63.7 Å². The molecule has 1 aromatic carbocycles. The summed E-state index contributed by atoms with van der Waals surface area (Å²) in [5.41, 5.74) is 1.22. The number of epoxide rings is 1. The first-order chi connectivity index (χ1) is 10.8. The van der Waals surface area contributed by atoms with Crippen molar-refractivity contribution in [2.24, 2.45) is 4.99 Å². The standard InChI is InChI=1S/C16H18N2O4/c1-20-14-5-12-13(6-15(14)22-9-11-8-21-11)17-7-10-3-2-4-18(10)16(12)19/h5-7,10-11H,2-4,8-9H2,1H3/t10-,11?/m0/s1. The average Bonchev–Trinajstić information content (AvgIpc) is 3.27. The van der Waals surface area contributed by atoms with Crippen molar-refractivity contribution >= 4 is 17.8 Å². The predicted octanol–water partition coefficient (Wildman–Crippen LogP) is 1.79. The van der Waals surface area contributed by atoms with Gasteiger partial charge in [0.2, 0.25) is 0 Å². The van der Waals surface area contributed by atoms with Gasteiger partial charge in [-0.3, -0.25) is 9.79 Å². The van der Waals surface area contributed by atoms with Crippen LogP contribution >= 0.6 is 0 Å². The van der Waals surface area contributed by atoms with Crippen LogP contribution in [0.3, 0.4) is 0 Å². The number of aliphatic imine (C=N–C) groups is 1. The molecular formula is C16H18N2O4. The Kier molecular flexibility index (Phi) is 3.26. The summed E-state index contributed by atoms with van der Waals surface area (Å²) in [6.45, 7) is 2.01. The Morgan fingerprint density at radius 1 is 1.41 bits per heavy atom. The molecule has 2 fully saturated rings. The molecule has 0 aromatic heterocycles. The quantitative estimate of drug-likeness (QED) is 0.796. The van der Waals surface area contributed by atoms with Gasteiger partial charge < -0.3 is 19.1 Å². The van der Waals surface area contributed by atoms with Gasteiger partial charge in [0, 0.05) is 18.8 Å². The third-order valence-corrected chi connectivity index (χ3v) is 4.29. The molecular weight excluding hydrogens is 284 g/mol. The monoisotopic (exact) mass is 302 g/mol. The maximum atomic E-state index is 12.7. The lowest BCUT2D eigenvalue weighted by molar-refractivity contribution is 0.0774. The van der Waals surface area contributed by atoms with E-state index in [1.807, 2.05) is 11.1 Å². The van der Waals surface area contributed by atoms with Crippen molar-refractivity contribution in [2.45, 2.75) is 25.0 Å². The zero-order valence-corrected chi connectivity index (χ0v) is 12.4. The third kappa shape index (κ3) is 2.33. The van der Waals surface area contributed by atoms with Crippen LogP contribution in [0.2, 0.25) is 0 Å². The summed E-state index contributed by atoms with van der Waals surface area (Å²) in [4.78, 5) is 19.1. The summed E-state index contributed by atoms with van der Waals surface area (Å²) < 4.78 is 16.3. The number of fused-ring (bicyclic) bond motifs is 2. The largest absolute Gasteiger partial charge is 0.493 e. The van der Waals surface area contributed by atoms with Crippen LogP contribution < -0.4 is 9.47 Å². The molecule has 116 valence electrons. The van der Waals surface area contributed by atoms with Crippen molar-refractivity contribution in [1.29, 1.82) is 0 Å². The highest BCUT2D eigenvalue weighted by atomic mass is 16.6. The molecule has 2 saturated heterocycles. The number of benzene rings is 1. The Bertz CT molecular complexity index is 639. The number of nitrogens with zero attached hydrogens (tertiary/aromatic N) is 2. The summed E-state index contributed by atoms with van der Waals surface area (Å²) in [6.07, 6.45) is 4.04. The van der Waals surface area contributed by atoms with Crippen molar-refractivity contribution in [1.82, 2.24) is 4.90 Å². The maximum absolute atomic E-state index is 12.7. The third-order valence-electron chi connectivity index (χ3n) is 4.29. The van der Waals surface area contributed by atoms with E-state index in [9.17, 15) is 4.79 Å². The van der Waals surface area contributed by atoms with Gasteiger partial charge in [0.15, 0.2) is 11.5 Å². The first-order valence-electron chi connectivity index (χ1n) is 7.58. The molecule has 1 aromatic rings. The van der Waals surface area contributed by atoms with Crippen LogP contribution in [-0.2, 0) is 4.74 Å². The van der Waals surface area contributed by atoms with Gasteiger partial charge >= 0.3 is 0 Å². The SMILES string of the molecule is COc1cc2c(cc1OCC1CO1)N=C[C@@H]1CCCN1C2=O. The van der Waals surface area contributed by atoms with E-state index in [1.165, 1.54) is 0 Å². The van der Waals surface area contributed by atoms with Gasteiger partial charge in [-0.15, -0.1) is 0 Å². The molecule has 6 nitrogen and oxygen atoms in total. The van der Waals surface area contributed by atoms with E-state index in [2.05, 4.69) is 4.99 Å². The molecule has 3 aliphatic rings. The van der Waals surface area contributed by atoms with Crippen molar-refractivity contribution in [2.75, 3.05) is 26.9 Å². The summed E-state index contributed by atoms with van der Waals surface area (Å²) >= 11 is 0. The van der Waals surface area contributed by atoms with Crippen LogP contribution in [0.15, 0.2) is 17.1 Å². The van der Waals surface area contributed by atoms with E-state index >= 15 is 0 Å². The number of hydrogen-bond acceptors (Lipinski definition) is 5. The normalized spacial score (nSPS) is 25.5. The number of carbonyl (C=O) groups excluding carboxylic acids is 1. The second-order valence-electron chi connectivity index (χ2n) is 5.77.